The van der Waals surface area contributed by atoms with E-state index in [1.54, 1.807) is 0 Å². The lowest BCUT2D eigenvalue weighted by Gasteiger charge is -2.18. The lowest BCUT2D eigenvalue weighted by atomic mass is 10.3. The molecule has 0 aliphatic rings. The van der Waals surface area contributed by atoms with E-state index < -0.39 is 17.7 Å². The normalized spacial score (nSPS) is 9.75. The second-order valence-corrected chi connectivity index (χ2v) is 3.08. The third kappa shape index (κ3) is 3.08. The first-order valence-corrected chi connectivity index (χ1v) is 4.35. The van der Waals surface area contributed by atoms with Gasteiger partial charge in [0.2, 0.25) is 11.8 Å². The standard InChI is InChI=1S/C8H11N5O3/c9-6(14)3-13(4-7(10)15)8(16)5-1-11-12-2-5/h1-2H,3-4H2,(H2,9,14)(H2,10,15)(H,11,12). The molecule has 5 N–H and O–H groups in total. The van der Waals surface area contributed by atoms with Gasteiger partial charge in [-0.05, 0) is 0 Å². The van der Waals surface area contributed by atoms with Gasteiger partial charge in [-0.2, -0.15) is 5.10 Å². The highest BCUT2D eigenvalue weighted by atomic mass is 16.2. The highest BCUT2D eigenvalue weighted by Crippen LogP contribution is 2.01. The molecule has 0 atom stereocenters. The SMILES string of the molecule is NC(=O)CN(CC(N)=O)C(=O)c1cn[nH]c1. The highest BCUT2D eigenvalue weighted by Gasteiger charge is 2.19. The molecule has 0 saturated carbocycles. The molecular weight excluding hydrogens is 214 g/mol. The van der Waals surface area contributed by atoms with E-state index in [0.29, 0.717) is 0 Å². The third-order valence-electron chi connectivity index (χ3n) is 1.73. The molecule has 0 fully saturated rings. The van der Waals surface area contributed by atoms with Crippen molar-refractivity contribution in [2.75, 3.05) is 13.1 Å². The number of nitrogens with one attached hydrogen (secondary N) is 1. The molecule has 3 amide bonds. The Hall–Kier alpha value is -2.38. The van der Waals surface area contributed by atoms with Crippen LogP contribution in [0.2, 0.25) is 0 Å². The topological polar surface area (TPSA) is 135 Å². The molecule has 0 aromatic carbocycles. The predicted molar refractivity (Wildman–Crippen MR) is 52.9 cm³/mol. The first kappa shape index (κ1) is 11.7. The first-order valence-electron chi connectivity index (χ1n) is 4.35. The summed E-state index contributed by atoms with van der Waals surface area (Å²) in [7, 11) is 0. The molecule has 0 saturated heterocycles. The molecule has 1 rings (SSSR count). The number of rotatable bonds is 5. The van der Waals surface area contributed by atoms with Gasteiger partial charge in [0.05, 0.1) is 11.8 Å². The van der Waals surface area contributed by atoms with Crippen LogP contribution in [0.3, 0.4) is 0 Å². The fourth-order valence-corrected chi connectivity index (χ4v) is 1.13. The molecule has 0 bridgehead atoms. The van der Waals surface area contributed by atoms with E-state index in [2.05, 4.69) is 10.2 Å². The van der Waals surface area contributed by atoms with Crippen LogP contribution in [0.1, 0.15) is 10.4 Å². The van der Waals surface area contributed by atoms with Gasteiger partial charge in [0.1, 0.15) is 13.1 Å². The first-order chi connectivity index (χ1) is 7.50. The minimum absolute atomic E-state index is 0.225. The van der Waals surface area contributed by atoms with Gasteiger partial charge in [-0.15, -0.1) is 0 Å². The van der Waals surface area contributed by atoms with Crippen LogP contribution in [0.5, 0.6) is 0 Å². The summed E-state index contributed by atoms with van der Waals surface area (Å²) >= 11 is 0. The van der Waals surface area contributed by atoms with Gasteiger partial charge in [0.25, 0.3) is 5.91 Å². The van der Waals surface area contributed by atoms with Gasteiger partial charge in [-0.1, -0.05) is 0 Å². The number of nitrogens with zero attached hydrogens (tertiary/aromatic N) is 2. The van der Waals surface area contributed by atoms with Crippen LogP contribution in [0.4, 0.5) is 0 Å². The Bertz CT molecular complexity index is 384. The number of primary amides is 2. The summed E-state index contributed by atoms with van der Waals surface area (Å²) in [4.78, 5) is 34.1. The van der Waals surface area contributed by atoms with Crippen molar-refractivity contribution in [3.8, 4) is 0 Å². The lowest BCUT2D eigenvalue weighted by Crippen LogP contribution is -2.43. The van der Waals surface area contributed by atoms with E-state index >= 15 is 0 Å². The van der Waals surface area contributed by atoms with Crippen molar-refractivity contribution in [3.05, 3.63) is 18.0 Å². The Morgan fingerprint density at radius 2 is 1.81 bits per heavy atom. The Kier molecular flexibility index (Phi) is 3.59. The molecular formula is C8H11N5O3. The smallest absolute Gasteiger partial charge is 0.257 e. The van der Waals surface area contributed by atoms with Crippen LogP contribution in [-0.2, 0) is 9.59 Å². The largest absolute Gasteiger partial charge is 0.368 e. The molecule has 0 unspecified atom stereocenters. The van der Waals surface area contributed by atoms with Crippen molar-refractivity contribution >= 4 is 17.7 Å². The van der Waals surface area contributed by atoms with Crippen LogP contribution in [0.15, 0.2) is 12.4 Å². The molecule has 0 aliphatic heterocycles. The van der Waals surface area contributed by atoms with Crippen molar-refractivity contribution in [3.63, 3.8) is 0 Å². The summed E-state index contributed by atoms with van der Waals surface area (Å²) in [6.45, 7) is -0.736. The van der Waals surface area contributed by atoms with Crippen LogP contribution in [-0.4, -0.2) is 45.9 Å². The van der Waals surface area contributed by atoms with Gasteiger partial charge < -0.3 is 16.4 Å². The van der Waals surface area contributed by atoms with Crippen LogP contribution in [0.25, 0.3) is 0 Å². The number of nitrogens with two attached hydrogens (primary N) is 2. The molecule has 1 aromatic heterocycles. The van der Waals surface area contributed by atoms with E-state index in [0.717, 1.165) is 4.90 Å². The molecule has 8 heteroatoms. The van der Waals surface area contributed by atoms with E-state index in [-0.39, 0.29) is 18.7 Å². The summed E-state index contributed by atoms with van der Waals surface area (Å²) in [6.07, 6.45) is 2.62. The maximum atomic E-state index is 11.7. The van der Waals surface area contributed by atoms with Crippen molar-refractivity contribution < 1.29 is 14.4 Å². The van der Waals surface area contributed by atoms with Crippen molar-refractivity contribution in [1.82, 2.24) is 15.1 Å². The van der Waals surface area contributed by atoms with E-state index in [4.69, 9.17) is 11.5 Å². The number of H-pyrrole nitrogens is 1. The fourth-order valence-electron chi connectivity index (χ4n) is 1.13. The maximum Gasteiger partial charge on any atom is 0.257 e. The fraction of sp³-hybridized carbons (Fsp3) is 0.250. The van der Waals surface area contributed by atoms with Crippen LogP contribution >= 0.6 is 0 Å². The second kappa shape index (κ2) is 4.91. The average molecular weight is 225 g/mol. The quantitative estimate of drug-likeness (QED) is 0.525. The summed E-state index contributed by atoms with van der Waals surface area (Å²) < 4.78 is 0. The van der Waals surface area contributed by atoms with E-state index in [9.17, 15) is 14.4 Å². The summed E-state index contributed by atoms with van der Waals surface area (Å²) in [5.41, 5.74) is 10.1. The molecule has 1 heterocycles. The number of amides is 3. The third-order valence-corrected chi connectivity index (χ3v) is 1.73. The molecule has 0 spiro atoms. The van der Waals surface area contributed by atoms with Gasteiger partial charge in [-0.25, -0.2) is 0 Å². The van der Waals surface area contributed by atoms with Crippen molar-refractivity contribution in [2.24, 2.45) is 11.5 Å². The number of carbonyl (C=O) groups excluding carboxylic acids is 3. The van der Waals surface area contributed by atoms with Gasteiger partial charge in [0.15, 0.2) is 0 Å². The predicted octanol–water partition coefficient (Wildman–Crippen LogP) is -2.18. The molecule has 1 aromatic rings. The zero-order chi connectivity index (χ0) is 12.1. The monoisotopic (exact) mass is 225 g/mol. The zero-order valence-electron chi connectivity index (χ0n) is 8.34. The maximum absolute atomic E-state index is 11.7. The van der Waals surface area contributed by atoms with Gasteiger partial charge in [-0.3, -0.25) is 19.5 Å². The Balaban J connectivity index is 2.79. The zero-order valence-corrected chi connectivity index (χ0v) is 8.34. The molecule has 86 valence electrons. The summed E-state index contributed by atoms with van der Waals surface area (Å²) in [5.74, 6) is -1.98. The summed E-state index contributed by atoms with van der Waals surface area (Å²) in [5, 5.41) is 6.02. The minimum Gasteiger partial charge on any atom is -0.368 e. The number of aromatic nitrogens is 2. The number of carbonyl (C=O) groups is 3. The number of hydrogen-bond acceptors (Lipinski definition) is 4. The van der Waals surface area contributed by atoms with Gasteiger partial charge >= 0.3 is 0 Å². The minimum atomic E-state index is -0.724. The highest BCUT2D eigenvalue weighted by molar-refractivity contribution is 5.97. The van der Waals surface area contributed by atoms with Crippen LogP contribution in [0, 0.1) is 0 Å². The Morgan fingerprint density at radius 1 is 1.25 bits per heavy atom. The van der Waals surface area contributed by atoms with Crippen molar-refractivity contribution in [1.29, 1.82) is 0 Å². The van der Waals surface area contributed by atoms with Gasteiger partial charge in [0, 0.05) is 6.20 Å². The Labute approximate surface area is 90.6 Å². The number of hydrogen-bond donors (Lipinski definition) is 3. The molecule has 16 heavy (non-hydrogen) atoms. The number of aromatic amines is 1. The second-order valence-electron chi connectivity index (χ2n) is 3.08. The van der Waals surface area contributed by atoms with Crippen molar-refractivity contribution in [2.45, 2.75) is 0 Å². The Morgan fingerprint density at radius 3 is 2.19 bits per heavy atom. The van der Waals surface area contributed by atoms with E-state index in [1.165, 1.54) is 12.4 Å². The van der Waals surface area contributed by atoms with E-state index in [1.807, 2.05) is 0 Å². The molecule has 0 radical (unpaired) electrons. The summed E-state index contributed by atoms with van der Waals surface area (Å²) in [6, 6.07) is 0. The average Bonchev–Trinajstić information content (AvgIpc) is 2.66. The van der Waals surface area contributed by atoms with Crippen LogP contribution < -0.4 is 11.5 Å². The lowest BCUT2D eigenvalue weighted by molar-refractivity contribution is -0.121. The molecule has 0 aliphatic carbocycles. The molecule has 8 nitrogen and oxygen atoms in total.